The quantitative estimate of drug-likeness (QED) is 0.590. The maximum Gasteiger partial charge on any atom is 0.0383 e. The molecule has 2 atom stereocenters. The van der Waals surface area contributed by atoms with E-state index in [1.165, 1.54) is 38.5 Å². The molecule has 0 rings (SSSR count). The van der Waals surface area contributed by atoms with Gasteiger partial charge in [0.25, 0.3) is 0 Å². The van der Waals surface area contributed by atoms with Crippen molar-refractivity contribution in [3.63, 3.8) is 0 Å². The van der Waals surface area contributed by atoms with Crippen LogP contribution in [-0.4, -0.2) is 21.8 Å². The minimum absolute atomic E-state index is 0.0791. The lowest BCUT2D eigenvalue weighted by molar-refractivity contribution is 0.600. The zero-order valence-corrected chi connectivity index (χ0v) is 11.2. The maximum absolute atomic E-state index is 11.4. The Morgan fingerprint density at radius 1 is 1.07 bits per heavy atom. The number of hydrogen-bond acceptors (Lipinski definition) is 2. The molecule has 2 unspecified atom stereocenters. The van der Waals surface area contributed by atoms with Gasteiger partial charge in [0.2, 0.25) is 0 Å². The van der Waals surface area contributed by atoms with Crippen molar-refractivity contribution in [3.8, 4) is 0 Å². The van der Waals surface area contributed by atoms with Crippen molar-refractivity contribution >= 4 is 10.8 Å². The van der Waals surface area contributed by atoms with Gasteiger partial charge in [-0.1, -0.05) is 45.4 Å². The third-order valence-electron chi connectivity index (χ3n) is 2.42. The summed E-state index contributed by atoms with van der Waals surface area (Å²) in [6.45, 7) is 4.15. The highest BCUT2D eigenvalue weighted by Crippen LogP contribution is 2.07. The molecule has 92 valence electrons. The zero-order valence-electron chi connectivity index (χ0n) is 10.3. The van der Waals surface area contributed by atoms with E-state index in [4.69, 9.17) is 5.73 Å². The molecule has 0 amide bonds. The predicted molar refractivity (Wildman–Crippen MR) is 69.5 cm³/mol. The van der Waals surface area contributed by atoms with E-state index < -0.39 is 10.8 Å². The van der Waals surface area contributed by atoms with E-state index in [0.29, 0.717) is 5.75 Å². The van der Waals surface area contributed by atoms with Crippen LogP contribution in [0.1, 0.15) is 58.8 Å². The fourth-order valence-corrected chi connectivity index (χ4v) is 2.88. The number of rotatable bonds is 10. The smallest absolute Gasteiger partial charge is 0.0383 e. The van der Waals surface area contributed by atoms with Crippen molar-refractivity contribution < 1.29 is 4.21 Å². The lowest BCUT2D eigenvalue weighted by Crippen LogP contribution is -2.24. The lowest BCUT2D eigenvalue weighted by atomic mass is 10.1. The minimum Gasteiger partial charge on any atom is -0.327 e. The van der Waals surface area contributed by atoms with E-state index in [1.807, 2.05) is 6.92 Å². The second-order valence-electron chi connectivity index (χ2n) is 4.41. The summed E-state index contributed by atoms with van der Waals surface area (Å²) in [5.74, 6) is 1.51. The average Bonchev–Trinajstić information content (AvgIpc) is 2.15. The standard InChI is InChI=1S/C12H27NOS/c1-3-4-5-6-7-8-9-10-15(14)11-12(2)13/h12H,3-11,13H2,1-2H3. The summed E-state index contributed by atoms with van der Waals surface area (Å²) in [7, 11) is -0.684. The first kappa shape index (κ1) is 15.1. The van der Waals surface area contributed by atoms with Crippen molar-refractivity contribution in [2.45, 2.75) is 64.8 Å². The molecule has 0 fully saturated rings. The van der Waals surface area contributed by atoms with Gasteiger partial charge in [-0.2, -0.15) is 0 Å². The summed E-state index contributed by atoms with van der Waals surface area (Å²) in [5, 5.41) is 0. The second-order valence-corrected chi connectivity index (χ2v) is 6.03. The monoisotopic (exact) mass is 233 g/mol. The van der Waals surface area contributed by atoms with Crippen LogP contribution in [0.15, 0.2) is 0 Å². The van der Waals surface area contributed by atoms with Gasteiger partial charge in [-0.3, -0.25) is 4.21 Å². The topological polar surface area (TPSA) is 43.1 Å². The van der Waals surface area contributed by atoms with Crippen molar-refractivity contribution in [1.29, 1.82) is 0 Å². The molecule has 15 heavy (non-hydrogen) atoms. The Morgan fingerprint density at radius 2 is 1.60 bits per heavy atom. The molecular weight excluding hydrogens is 206 g/mol. The molecule has 0 aliphatic rings. The summed E-state index contributed by atoms with van der Waals surface area (Å²) >= 11 is 0. The van der Waals surface area contributed by atoms with Gasteiger partial charge in [0, 0.05) is 28.3 Å². The summed E-state index contributed by atoms with van der Waals surface area (Å²) < 4.78 is 11.4. The summed E-state index contributed by atoms with van der Waals surface area (Å²) in [4.78, 5) is 0. The van der Waals surface area contributed by atoms with Gasteiger partial charge >= 0.3 is 0 Å². The minimum atomic E-state index is -0.684. The Kier molecular flexibility index (Phi) is 10.7. The van der Waals surface area contributed by atoms with Crippen molar-refractivity contribution in [3.05, 3.63) is 0 Å². The van der Waals surface area contributed by atoms with E-state index in [0.717, 1.165) is 12.2 Å². The van der Waals surface area contributed by atoms with Gasteiger partial charge in [0.15, 0.2) is 0 Å². The van der Waals surface area contributed by atoms with E-state index >= 15 is 0 Å². The molecule has 2 N–H and O–H groups in total. The molecule has 0 heterocycles. The van der Waals surface area contributed by atoms with E-state index in [1.54, 1.807) is 0 Å². The normalized spacial score (nSPS) is 15.1. The average molecular weight is 233 g/mol. The Bertz CT molecular complexity index is 160. The molecule has 0 aromatic carbocycles. The van der Waals surface area contributed by atoms with E-state index in [2.05, 4.69) is 6.92 Å². The van der Waals surface area contributed by atoms with Crippen LogP contribution in [0, 0.1) is 0 Å². The van der Waals surface area contributed by atoms with Gasteiger partial charge in [0.1, 0.15) is 0 Å². The van der Waals surface area contributed by atoms with Gasteiger partial charge < -0.3 is 5.73 Å². The fraction of sp³-hybridized carbons (Fsp3) is 1.00. The molecule has 2 nitrogen and oxygen atoms in total. The Balaban J connectivity index is 3.13. The second kappa shape index (κ2) is 10.6. The molecule has 0 aliphatic carbocycles. The number of hydrogen-bond donors (Lipinski definition) is 1. The Hall–Kier alpha value is 0.110. The first-order valence-corrected chi connectivity index (χ1v) is 7.76. The molecule has 0 aromatic heterocycles. The van der Waals surface area contributed by atoms with Crippen LogP contribution in [0.3, 0.4) is 0 Å². The van der Waals surface area contributed by atoms with Gasteiger partial charge in [-0.15, -0.1) is 0 Å². The van der Waals surface area contributed by atoms with Gasteiger partial charge in [0.05, 0.1) is 0 Å². The molecule has 0 aliphatic heterocycles. The highest BCUT2D eigenvalue weighted by Gasteiger charge is 2.02. The fourth-order valence-electron chi connectivity index (χ4n) is 1.60. The highest BCUT2D eigenvalue weighted by molar-refractivity contribution is 7.85. The number of unbranched alkanes of at least 4 members (excludes halogenated alkanes) is 6. The van der Waals surface area contributed by atoms with Crippen LogP contribution in [0.5, 0.6) is 0 Å². The maximum atomic E-state index is 11.4. The molecule has 0 aromatic rings. The summed E-state index contributed by atoms with van der Waals surface area (Å²) in [6, 6.07) is 0.0791. The molecule has 0 bridgehead atoms. The zero-order chi connectivity index (χ0) is 11.5. The highest BCUT2D eigenvalue weighted by atomic mass is 32.2. The van der Waals surface area contributed by atoms with Gasteiger partial charge in [-0.25, -0.2) is 0 Å². The van der Waals surface area contributed by atoms with Crippen LogP contribution < -0.4 is 5.73 Å². The van der Waals surface area contributed by atoms with Crippen molar-refractivity contribution in [2.75, 3.05) is 11.5 Å². The molecule has 0 saturated carbocycles. The lowest BCUT2D eigenvalue weighted by Gasteiger charge is -2.05. The van der Waals surface area contributed by atoms with Crippen LogP contribution in [0.25, 0.3) is 0 Å². The third-order valence-corrected chi connectivity index (χ3v) is 4.07. The first-order chi connectivity index (χ1) is 7.16. The molecule has 0 spiro atoms. The predicted octanol–water partition coefficient (Wildman–Crippen LogP) is 2.83. The first-order valence-electron chi connectivity index (χ1n) is 6.27. The summed E-state index contributed by atoms with van der Waals surface area (Å²) in [6.07, 6.45) is 9.00. The molecule has 3 heteroatoms. The SMILES string of the molecule is CCCCCCCCCS(=O)CC(C)N. The number of nitrogens with two attached hydrogens (primary N) is 1. The van der Waals surface area contributed by atoms with Crippen molar-refractivity contribution in [1.82, 2.24) is 0 Å². The molecule has 0 saturated heterocycles. The Labute approximate surface area is 97.5 Å². The van der Waals surface area contributed by atoms with Crippen LogP contribution in [-0.2, 0) is 10.8 Å². The van der Waals surface area contributed by atoms with E-state index in [-0.39, 0.29) is 6.04 Å². The van der Waals surface area contributed by atoms with Crippen molar-refractivity contribution in [2.24, 2.45) is 5.73 Å². The molecule has 0 radical (unpaired) electrons. The molecular formula is C12H27NOS. The largest absolute Gasteiger partial charge is 0.327 e. The third kappa shape index (κ3) is 12.0. The van der Waals surface area contributed by atoms with Crippen LogP contribution in [0.4, 0.5) is 0 Å². The van der Waals surface area contributed by atoms with Crippen LogP contribution in [0.2, 0.25) is 0 Å². The van der Waals surface area contributed by atoms with Gasteiger partial charge in [-0.05, 0) is 13.3 Å². The van der Waals surface area contributed by atoms with Crippen LogP contribution >= 0.6 is 0 Å². The summed E-state index contributed by atoms with van der Waals surface area (Å²) in [5.41, 5.74) is 5.59. The Morgan fingerprint density at radius 3 is 2.13 bits per heavy atom. The van der Waals surface area contributed by atoms with E-state index in [9.17, 15) is 4.21 Å².